The molecule has 5 nitrogen and oxygen atoms in total. The first-order valence-corrected chi connectivity index (χ1v) is 5.53. The van der Waals surface area contributed by atoms with Crippen molar-refractivity contribution in [1.82, 2.24) is 9.55 Å². The SMILES string of the molecule is CCn1ccnc(SCCC(=O)O)c1=O. The summed E-state index contributed by atoms with van der Waals surface area (Å²) in [6.45, 7) is 2.46. The molecule has 6 heteroatoms. The second-order valence-electron chi connectivity index (χ2n) is 2.82. The minimum absolute atomic E-state index is 0.0345. The standard InChI is InChI=1S/C9H12N2O3S/c1-2-11-5-4-10-8(9(11)14)15-6-3-7(12)13/h4-5H,2-3,6H2,1H3,(H,12,13). The number of aryl methyl sites for hydroxylation is 1. The molecule has 0 amide bonds. The van der Waals surface area contributed by atoms with Crippen LogP contribution in [-0.4, -0.2) is 26.4 Å². The number of carboxylic acid groups (broad SMARTS) is 1. The van der Waals surface area contributed by atoms with E-state index in [1.165, 1.54) is 16.3 Å². The third-order valence-corrected chi connectivity index (χ3v) is 2.74. The van der Waals surface area contributed by atoms with Gasteiger partial charge in [0.05, 0.1) is 6.42 Å². The Morgan fingerprint density at radius 3 is 3.00 bits per heavy atom. The highest BCUT2D eigenvalue weighted by atomic mass is 32.2. The summed E-state index contributed by atoms with van der Waals surface area (Å²) in [7, 11) is 0. The molecule has 1 aromatic heterocycles. The Morgan fingerprint density at radius 1 is 1.67 bits per heavy atom. The summed E-state index contributed by atoms with van der Waals surface area (Å²) in [4.78, 5) is 25.8. The highest BCUT2D eigenvalue weighted by Gasteiger charge is 2.05. The molecule has 0 fully saturated rings. The van der Waals surface area contributed by atoms with E-state index in [9.17, 15) is 9.59 Å². The van der Waals surface area contributed by atoms with Crippen molar-refractivity contribution in [2.75, 3.05) is 5.75 Å². The summed E-state index contributed by atoms with van der Waals surface area (Å²) in [6, 6.07) is 0. The summed E-state index contributed by atoms with van der Waals surface area (Å²) in [6.07, 6.45) is 3.20. The van der Waals surface area contributed by atoms with Crippen LogP contribution in [0, 0.1) is 0 Å². The average molecular weight is 228 g/mol. The topological polar surface area (TPSA) is 72.2 Å². The molecular formula is C9H12N2O3S. The van der Waals surface area contributed by atoms with Gasteiger partial charge in [0.25, 0.3) is 5.56 Å². The van der Waals surface area contributed by atoms with E-state index in [1.807, 2.05) is 6.92 Å². The molecule has 0 unspecified atom stereocenters. The minimum Gasteiger partial charge on any atom is -0.481 e. The van der Waals surface area contributed by atoms with Crippen LogP contribution in [0.2, 0.25) is 0 Å². The summed E-state index contributed by atoms with van der Waals surface area (Å²) in [5.41, 5.74) is -0.157. The van der Waals surface area contributed by atoms with Crippen LogP contribution in [0.4, 0.5) is 0 Å². The van der Waals surface area contributed by atoms with Crippen molar-refractivity contribution >= 4 is 17.7 Å². The maximum absolute atomic E-state index is 11.6. The van der Waals surface area contributed by atoms with Crippen LogP contribution >= 0.6 is 11.8 Å². The Kier molecular flexibility index (Phi) is 4.36. The van der Waals surface area contributed by atoms with E-state index in [0.717, 1.165) is 0 Å². The summed E-state index contributed by atoms with van der Waals surface area (Å²) >= 11 is 1.18. The van der Waals surface area contributed by atoms with Gasteiger partial charge in [-0.25, -0.2) is 4.98 Å². The van der Waals surface area contributed by atoms with E-state index in [4.69, 9.17) is 5.11 Å². The lowest BCUT2D eigenvalue weighted by atomic mass is 10.5. The van der Waals surface area contributed by atoms with Gasteiger partial charge in [-0.2, -0.15) is 0 Å². The van der Waals surface area contributed by atoms with Gasteiger partial charge in [0.1, 0.15) is 0 Å². The van der Waals surface area contributed by atoms with Crippen molar-refractivity contribution in [2.45, 2.75) is 24.9 Å². The van der Waals surface area contributed by atoms with E-state index in [2.05, 4.69) is 4.98 Å². The van der Waals surface area contributed by atoms with Gasteiger partial charge in [-0.1, -0.05) is 0 Å². The smallest absolute Gasteiger partial charge is 0.304 e. The predicted molar refractivity (Wildman–Crippen MR) is 57.1 cm³/mol. The molecule has 0 atom stereocenters. The number of hydrogen-bond donors (Lipinski definition) is 1. The Hall–Kier alpha value is -1.30. The zero-order valence-electron chi connectivity index (χ0n) is 8.34. The van der Waals surface area contributed by atoms with Crippen molar-refractivity contribution in [3.63, 3.8) is 0 Å². The molecule has 0 aliphatic rings. The van der Waals surface area contributed by atoms with Gasteiger partial charge in [0.2, 0.25) is 0 Å². The molecule has 0 radical (unpaired) electrons. The normalized spacial score (nSPS) is 10.2. The Bertz CT molecular complexity index is 403. The Morgan fingerprint density at radius 2 is 2.40 bits per heavy atom. The summed E-state index contributed by atoms with van der Waals surface area (Å²) in [5, 5.41) is 8.81. The zero-order valence-corrected chi connectivity index (χ0v) is 9.16. The van der Waals surface area contributed by atoms with Gasteiger partial charge < -0.3 is 9.67 Å². The summed E-state index contributed by atoms with van der Waals surface area (Å²) < 4.78 is 1.54. The molecular weight excluding hydrogens is 216 g/mol. The molecule has 82 valence electrons. The maximum atomic E-state index is 11.6. The fraction of sp³-hybridized carbons (Fsp3) is 0.444. The van der Waals surface area contributed by atoms with Gasteiger partial charge >= 0.3 is 5.97 Å². The molecule has 1 heterocycles. The molecule has 1 aromatic rings. The van der Waals surface area contributed by atoms with Crippen molar-refractivity contribution in [1.29, 1.82) is 0 Å². The number of carboxylic acids is 1. The predicted octanol–water partition coefficient (Wildman–Crippen LogP) is 0.830. The van der Waals surface area contributed by atoms with Crippen molar-refractivity contribution in [2.24, 2.45) is 0 Å². The lowest BCUT2D eigenvalue weighted by Gasteiger charge is -2.02. The number of carbonyl (C=O) groups is 1. The van der Waals surface area contributed by atoms with Crippen LogP contribution < -0.4 is 5.56 Å². The molecule has 0 aliphatic heterocycles. The van der Waals surface area contributed by atoms with Gasteiger partial charge in [-0.3, -0.25) is 9.59 Å². The monoisotopic (exact) mass is 228 g/mol. The van der Waals surface area contributed by atoms with E-state index in [0.29, 0.717) is 17.3 Å². The van der Waals surface area contributed by atoms with E-state index in [-0.39, 0.29) is 12.0 Å². The molecule has 0 aromatic carbocycles. The fourth-order valence-corrected chi connectivity index (χ4v) is 1.86. The van der Waals surface area contributed by atoms with Crippen LogP contribution in [0.1, 0.15) is 13.3 Å². The van der Waals surface area contributed by atoms with Crippen LogP contribution in [0.15, 0.2) is 22.2 Å². The Balaban J connectivity index is 2.69. The number of rotatable bonds is 5. The van der Waals surface area contributed by atoms with E-state index in [1.54, 1.807) is 12.4 Å². The second kappa shape index (κ2) is 5.55. The van der Waals surface area contributed by atoms with Crippen LogP contribution in [0.3, 0.4) is 0 Å². The quantitative estimate of drug-likeness (QED) is 0.756. The minimum atomic E-state index is -0.866. The van der Waals surface area contributed by atoms with Gasteiger partial charge in [-0.15, -0.1) is 11.8 Å². The highest BCUT2D eigenvalue weighted by molar-refractivity contribution is 7.99. The van der Waals surface area contributed by atoms with Crippen molar-refractivity contribution < 1.29 is 9.90 Å². The third-order valence-electron chi connectivity index (χ3n) is 1.78. The summed E-state index contributed by atoms with van der Waals surface area (Å²) in [5.74, 6) is -0.500. The molecule has 0 aliphatic carbocycles. The average Bonchev–Trinajstić information content (AvgIpc) is 2.20. The van der Waals surface area contributed by atoms with Crippen LogP contribution in [0.25, 0.3) is 0 Å². The first-order chi connectivity index (χ1) is 7.15. The number of aliphatic carboxylic acids is 1. The maximum Gasteiger partial charge on any atom is 0.304 e. The second-order valence-corrected chi connectivity index (χ2v) is 3.90. The first-order valence-electron chi connectivity index (χ1n) is 4.55. The van der Waals surface area contributed by atoms with Gasteiger partial charge in [0, 0.05) is 24.7 Å². The lowest BCUT2D eigenvalue weighted by Crippen LogP contribution is -2.21. The molecule has 0 saturated carbocycles. The molecule has 1 N–H and O–H groups in total. The van der Waals surface area contributed by atoms with Crippen molar-refractivity contribution in [3.05, 3.63) is 22.7 Å². The number of aromatic nitrogens is 2. The van der Waals surface area contributed by atoms with Crippen LogP contribution in [-0.2, 0) is 11.3 Å². The highest BCUT2D eigenvalue weighted by Crippen LogP contribution is 2.10. The first kappa shape index (κ1) is 11.8. The molecule has 1 rings (SSSR count). The Labute approximate surface area is 91.1 Å². The largest absolute Gasteiger partial charge is 0.481 e. The lowest BCUT2D eigenvalue weighted by molar-refractivity contribution is -0.136. The fourth-order valence-electron chi connectivity index (χ4n) is 1.01. The van der Waals surface area contributed by atoms with Gasteiger partial charge in [-0.05, 0) is 6.92 Å². The molecule has 0 bridgehead atoms. The number of hydrogen-bond acceptors (Lipinski definition) is 4. The number of thioether (sulfide) groups is 1. The number of nitrogens with zero attached hydrogens (tertiary/aromatic N) is 2. The van der Waals surface area contributed by atoms with Crippen molar-refractivity contribution in [3.8, 4) is 0 Å². The third kappa shape index (κ3) is 3.39. The zero-order chi connectivity index (χ0) is 11.3. The molecule has 15 heavy (non-hydrogen) atoms. The molecule has 0 spiro atoms. The van der Waals surface area contributed by atoms with E-state index >= 15 is 0 Å². The molecule has 0 saturated heterocycles. The van der Waals surface area contributed by atoms with Gasteiger partial charge in [0.15, 0.2) is 5.03 Å². The van der Waals surface area contributed by atoms with Crippen LogP contribution in [0.5, 0.6) is 0 Å². The van der Waals surface area contributed by atoms with E-state index < -0.39 is 5.97 Å².